The number of aryl methyl sites for hydroxylation is 1. The third-order valence-electron chi connectivity index (χ3n) is 5.51. The van der Waals surface area contributed by atoms with E-state index in [1.807, 2.05) is 34.4 Å². The molecule has 0 N–H and O–H groups in total. The van der Waals surface area contributed by atoms with Crippen LogP contribution in [0.4, 0.5) is 11.6 Å². The molecule has 0 aromatic carbocycles. The second-order valence-corrected chi connectivity index (χ2v) is 8.69. The second kappa shape index (κ2) is 6.43. The molecule has 0 amide bonds. The summed E-state index contributed by atoms with van der Waals surface area (Å²) < 4.78 is 3.88. The van der Waals surface area contributed by atoms with Crippen molar-refractivity contribution in [1.82, 2.24) is 29.2 Å². The lowest BCUT2D eigenvalue weighted by Gasteiger charge is -2.36. The maximum Gasteiger partial charge on any atom is 0.157 e. The van der Waals surface area contributed by atoms with Crippen LogP contribution in [-0.2, 0) is 5.41 Å². The highest BCUT2D eigenvalue weighted by Gasteiger charge is 2.24. The molecule has 1 fully saturated rings. The van der Waals surface area contributed by atoms with E-state index in [4.69, 9.17) is 10.1 Å². The van der Waals surface area contributed by atoms with E-state index in [2.05, 4.69) is 52.8 Å². The summed E-state index contributed by atoms with van der Waals surface area (Å²) in [5.74, 6) is 2.10. The summed E-state index contributed by atoms with van der Waals surface area (Å²) in [7, 11) is 0. The maximum absolute atomic E-state index is 4.76. The molecule has 5 heterocycles. The second-order valence-electron chi connectivity index (χ2n) is 8.69. The minimum absolute atomic E-state index is 0.0102. The number of hydrogen-bond acceptors (Lipinski definition) is 6. The van der Waals surface area contributed by atoms with E-state index in [9.17, 15) is 0 Å². The number of hydrogen-bond donors (Lipinski definition) is 0. The first-order valence-electron chi connectivity index (χ1n) is 10.1. The molecule has 1 aliphatic rings. The van der Waals surface area contributed by atoms with E-state index >= 15 is 0 Å². The lowest BCUT2D eigenvalue weighted by atomic mass is 9.92. The van der Waals surface area contributed by atoms with Gasteiger partial charge >= 0.3 is 0 Å². The molecule has 1 aliphatic heterocycles. The number of anilines is 2. The topological polar surface area (TPSA) is 66.9 Å². The van der Waals surface area contributed by atoms with Gasteiger partial charge in [0.15, 0.2) is 11.5 Å². The van der Waals surface area contributed by atoms with Gasteiger partial charge in [-0.3, -0.25) is 0 Å². The van der Waals surface area contributed by atoms with Crippen molar-refractivity contribution in [3.05, 3.63) is 48.2 Å². The largest absolute Gasteiger partial charge is 0.353 e. The third-order valence-corrected chi connectivity index (χ3v) is 5.51. The number of aromatic nitrogens is 6. The van der Waals surface area contributed by atoms with Crippen LogP contribution in [-0.4, -0.2) is 55.4 Å². The Morgan fingerprint density at radius 2 is 1.72 bits per heavy atom. The molecule has 0 atom stereocenters. The molecular weight excluding hydrogens is 364 g/mol. The predicted octanol–water partition coefficient (Wildman–Crippen LogP) is 2.70. The van der Waals surface area contributed by atoms with Crippen LogP contribution in [0, 0.1) is 6.92 Å². The number of piperazine rings is 1. The van der Waals surface area contributed by atoms with Gasteiger partial charge in [-0.25, -0.2) is 14.5 Å². The SMILES string of the molecule is Cc1cc(N2CCN(c3nccn4nc(C(C)(C)C)cc34)CC2)n2nccc2n1. The summed E-state index contributed by atoms with van der Waals surface area (Å²) in [5.41, 5.74) is 4.06. The Bertz CT molecular complexity index is 1170. The van der Waals surface area contributed by atoms with Crippen molar-refractivity contribution in [2.24, 2.45) is 0 Å². The van der Waals surface area contributed by atoms with Crippen LogP contribution in [0.25, 0.3) is 11.2 Å². The molecule has 0 saturated carbocycles. The monoisotopic (exact) mass is 390 g/mol. The zero-order valence-corrected chi connectivity index (χ0v) is 17.4. The molecule has 0 unspecified atom stereocenters. The van der Waals surface area contributed by atoms with Gasteiger partial charge in [0.25, 0.3) is 0 Å². The summed E-state index contributed by atoms with van der Waals surface area (Å²) in [6.45, 7) is 12.2. The van der Waals surface area contributed by atoms with Crippen LogP contribution in [0.5, 0.6) is 0 Å². The van der Waals surface area contributed by atoms with Gasteiger partial charge in [-0.2, -0.15) is 14.7 Å². The zero-order valence-electron chi connectivity index (χ0n) is 17.4. The van der Waals surface area contributed by atoms with Crippen LogP contribution in [0.2, 0.25) is 0 Å². The Labute approximate surface area is 169 Å². The van der Waals surface area contributed by atoms with Crippen molar-refractivity contribution in [3.63, 3.8) is 0 Å². The summed E-state index contributed by atoms with van der Waals surface area (Å²) in [4.78, 5) is 14.0. The molecule has 0 radical (unpaired) electrons. The van der Waals surface area contributed by atoms with E-state index in [0.717, 1.165) is 60.4 Å². The van der Waals surface area contributed by atoms with Crippen molar-refractivity contribution >= 4 is 22.8 Å². The molecule has 29 heavy (non-hydrogen) atoms. The molecule has 8 nitrogen and oxygen atoms in total. The molecule has 4 aromatic rings. The van der Waals surface area contributed by atoms with Crippen molar-refractivity contribution in [2.75, 3.05) is 36.0 Å². The molecule has 0 bridgehead atoms. The fraction of sp³-hybridized carbons (Fsp3) is 0.429. The standard InChI is InChI=1S/C21H26N8/c1-15-13-19(29-18(24-15)5-6-23-29)26-9-11-27(12-10-26)20-16-14-17(21(2,3)4)25-28(16)8-7-22-20/h5-8,13-14H,9-12H2,1-4H3. The van der Waals surface area contributed by atoms with Crippen molar-refractivity contribution in [2.45, 2.75) is 33.1 Å². The Kier molecular flexibility index (Phi) is 3.97. The van der Waals surface area contributed by atoms with E-state index in [1.165, 1.54) is 0 Å². The molecule has 0 aliphatic carbocycles. The lowest BCUT2D eigenvalue weighted by molar-refractivity contribution is 0.562. The summed E-state index contributed by atoms with van der Waals surface area (Å²) >= 11 is 0. The molecule has 5 rings (SSSR count). The fourth-order valence-electron chi connectivity index (χ4n) is 3.91. The highest BCUT2D eigenvalue weighted by Crippen LogP contribution is 2.27. The maximum atomic E-state index is 4.76. The fourth-order valence-corrected chi connectivity index (χ4v) is 3.91. The molecule has 1 saturated heterocycles. The normalized spacial score (nSPS) is 15.6. The van der Waals surface area contributed by atoms with Gasteiger partial charge in [0, 0.05) is 61.8 Å². The molecule has 8 heteroatoms. The third kappa shape index (κ3) is 3.08. The quantitative estimate of drug-likeness (QED) is 0.524. The summed E-state index contributed by atoms with van der Waals surface area (Å²) in [6, 6.07) is 6.24. The van der Waals surface area contributed by atoms with Gasteiger partial charge in [0.2, 0.25) is 0 Å². The average Bonchev–Trinajstić information content (AvgIpc) is 3.33. The Balaban J connectivity index is 1.42. The van der Waals surface area contributed by atoms with E-state index in [1.54, 1.807) is 6.20 Å². The van der Waals surface area contributed by atoms with Crippen molar-refractivity contribution in [1.29, 1.82) is 0 Å². The van der Waals surface area contributed by atoms with E-state index in [0.29, 0.717) is 0 Å². The van der Waals surface area contributed by atoms with Crippen LogP contribution < -0.4 is 9.80 Å². The molecule has 150 valence electrons. The van der Waals surface area contributed by atoms with Gasteiger partial charge in [-0.1, -0.05) is 20.8 Å². The highest BCUT2D eigenvalue weighted by molar-refractivity contribution is 5.70. The Hall–Kier alpha value is -3.16. The lowest BCUT2D eigenvalue weighted by Crippen LogP contribution is -2.47. The number of nitrogens with zero attached hydrogens (tertiary/aromatic N) is 8. The molecule has 4 aromatic heterocycles. The zero-order chi connectivity index (χ0) is 20.2. The van der Waals surface area contributed by atoms with E-state index < -0.39 is 0 Å². The van der Waals surface area contributed by atoms with Crippen molar-refractivity contribution < 1.29 is 0 Å². The van der Waals surface area contributed by atoms with E-state index in [-0.39, 0.29) is 5.41 Å². The van der Waals surface area contributed by atoms with Gasteiger partial charge < -0.3 is 9.80 Å². The Morgan fingerprint density at radius 1 is 0.966 bits per heavy atom. The Morgan fingerprint density at radius 3 is 2.48 bits per heavy atom. The smallest absolute Gasteiger partial charge is 0.157 e. The highest BCUT2D eigenvalue weighted by atomic mass is 15.4. The molecular formula is C21H26N8. The van der Waals surface area contributed by atoms with Crippen LogP contribution >= 0.6 is 0 Å². The first kappa shape index (κ1) is 17.9. The van der Waals surface area contributed by atoms with Gasteiger partial charge in [0.1, 0.15) is 11.3 Å². The number of fused-ring (bicyclic) bond motifs is 2. The average molecular weight is 390 g/mol. The van der Waals surface area contributed by atoms with Gasteiger partial charge in [0.05, 0.1) is 11.9 Å². The molecule has 0 spiro atoms. The van der Waals surface area contributed by atoms with Crippen molar-refractivity contribution in [3.8, 4) is 0 Å². The summed E-state index contributed by atoms with van der Waals surface area (Å²) in [5, 5.41) is 9.21. The first-order valence-corrected chi connectivity index (χ1v) is 10.1. The van der Waals surface area contributed by atoms with Crippen LogP contribution in [0.3, 0.4) is 0 Å². The van der Waals surface area contributed by atoms with Gasteiger partial charge in [-0.15, -0.1) is 0 Å². The first-order chi connectivity index (χ1) is 13.9. The summed E-state index contributed by atoms with van der Waals surface area (Å²) in [6.07, 6.45) is 5.57. The van der Waals surface area contributed by atoms with Crippen LogP contribution in [0.1, 0.15) is 32.2 Å². The van der Waals surface area contributed by atoms with Gasteiger partial charge in [-0.05, 0) is 13.0 Å². The number of rotatable bonds is 2. The minimum atomic E-state index is 0.0102. The van der Waals surface area contributed by atoms with Crippen LogP contribution in [0.15, 0.2) is 36.8 Å². The minimum Gasteiger partial charge on any atom is -0.353 e. The predicted molar refractivity (Wildman–Crippen MR) is 114 cm³/mol.